The van der Waals surface area contributed by atoms with Crippen LogP contribution in [0.3, 0.4) is 0 Å². The van der Waals surface area contributed by atoms with E-state index in [-0.39, 0.29) is 0 Å². The monoisotopic (exact) mass is 256 g/mol. The van der Waals surface area contributed by atoms with Gasteiger partial charge in [0, 0.05) is 18.0 Å². The lowest BCUT2D eigenvalue weighted by Crippen LogP contribution is -2.39. The van der Waals surface area contributed by atoms with E-state index in [2.05, 4.69) is 24.1 Å². The summed E-state index contributed by atoms with van der Waals surface area (Å²) in [6, 6.07) is 0. The molecule has 0 aliphatic rings. The predicted octanol–water partition coefficient (Wildman–Crippen LogP) is 2.38. The topological polar surface area (TPSA) is 45.2 Å². The molecule has 0 aliphatic carbocycles. The molecule has 1 atom stereocenters. The Labute approximate surface area is 108 Å². The van der Waals surface area contributed by atoms with Crippen LogP contribution in [0.1, 0.15) is 37.8 Å². The van der Waals surface area contributed by atoms with Crippen LogP contribution in [0.5, 0.6) is 0 Å². The quantitative estimate of drug-likeness (QED) is 0.736. The summed E-state index contributed by atoms with van der Waals surface area (Å²) in [6.07, 6.45) is 1.83. The first-order chi connectivity index (χ1) is 7.91. The van der Waals surface area contributed by atoms with Gasteiger partial charge in [-0.3, -0.25) is 0 Å². The van der Waals surface area contributed by atoms with Gasteiger partial charge in [0.1, 0.15) is 0 Å². The summed E-state index contributed by atoms with van der Waals surface area (Å²) in [6.45, 7) is 9.77. The molecule has 1 aromatic rings. The molecule has 17 heavy (non-hydrogen) atoms. The summed E-state index contributed by atoms with van der Waals surface area (Å²) in [5.41, 5.74) is 2.42. The van der Waals surface area contributed by atoms with E-state index in [1.165, 1.54) is 4.88 Å². The molecular formula is C13H24N2OS. The molecule has 1 aromatic heterocycles. The number of aryl methyl sites for hydroxylation is 1. The average molecular weight is 256 g/mol. The largest absolute Gasteiger partial charge is 0.389 e. The molecule has 1 heterocycles. The van der Waals surface area contributed by atoms with E-state index in [9.17, 15) is 5.11 Å². The van der Waals surface area contributed by atoms with Crippen LogP contribution in [-0.2, 0) is 6.42 Å². The summed E-state index contributed by atoms with van der Waals surface area (Å²) in [7, 11) is 0. The second-order valence-electron chi connectivity index (χ2n) is 5.38. The van der Waals surface area contributed by atoms with Gasteiger partial charge in [-0.25, -0.2) is 4.98 Å². The summed E-state index contributed by atoms with van der Waals surface area (Å²) in [5.74, 6) is 0.524. The number of aromatic nitrogens is 1. The zero-order chi connectivity index (χ0) is 12.9. The van der Waals surface area contributed by atoms with Gasteiger partial charge in [-0.05, 0) is 32.6 Å². The fraction of sp³-hybridized carbons (Fsp3) is 0.769. The van der Waals surface area contributed by atoms with Crippen molar-refractivity contribution in [2.75, 3.05) is 13.1 Å². The standard InChI is InChI=1S/C13H24N2OS/c1-10(2)7-13(4,16)8-14-6-5-12-11(3)15-9-17-12/h9-10,14,16H,5-8H2,1-4H3. The van der Waals surface area contributed by atoms with Gasteiger partial charge in [-0.2, -0.15) is 0 Å². The Kier molecular flexibility index (Phi) is 5.56. The van der Waals surface area contributed by atoms with E-state index >= 15 is 0 Å². The Morgan fingerprint density at radius 3 is 2.76 bits per heavy atom. The Morgan fingerprint density at radius 2 is 2.24 bits per heavy atom. The number of nitrogens with zero attached hydrogens (tertiary/aromatic N) is 1. The maximum Gasteiger partial charge on any atom is 0.0797 e. The maximum absolute atomic E-state index is 10.1. The third-order valence-corrected chi connectivity index (χ3v) is 3.72. The maximum atomic E-state index is 10.1. The Hall–Kier alpha value is -0.450. The van der Waals surface area contributed by atoms with Crippen molar-refractivity contribution in [3.05, 3.63) is 16.1 Å². The first-order valence-corrected chi connectivity index (χ1v) is 7.11. The molecule has 0 aliphatic heterocycles. The lowest BCUT2D eigenvalue weighted by Gasteiger charge is -2.25. The van der Waals surface area contributed by atoms with Crippen molar-refractivity contribution in [3.8, 4) is 0 Å². The SMILES string of the molecule is Cc1ncsc1CCNCC(C)(O)CC(C)C. The molecule has 98 valence electrons. The van der Waals surface area contributed by atoms with Crippen LogP contribution >= 0.6 is 11.3 Å². The smallest absolute Gasteiger partial charge is 0.0797 e. The van der Waals surface area contributed by atoms with Crippen molar-refractivity contribution >= 4 is 11.3 Å². The fourth-order valence-electron chi connectivity index (χ4n) is 2.08. The first kappa shape index (κ1) is 14.6. The van der Waals surface area contributed by atoms with Gasteiger partial charge in [0.25, 0.3) is 0 Å². The minimum Gasteiger partial charge on any atom is -0.389 e. The van der Waals surface area contributed by atoms with Crippen molar-refractivity contribution in [2.24, 2.45) is 5.92 Å². The molecule has 0 saturated carbocycles. The van der Waals surface area contributed by atoms with Crippen molar-refractivity contribution < 1.29 is 5.11 Å². The third kappa shape index (κ3) is 5.61. The highest BCUT2D eigenvalue weighted by molar-refractivity contribution is 7.09. The van der Waals surface area contributed by atoms with Gasteiger partial charge >= 0.3 is 0 Å². The van der Waals surface area contributed by atoms with Crippen molar-refractivity contribution in [2.45, 2.75) is 46.1 Å². The third-order valence-electron chi connectivity index (χ3n) is 2.73. The van der Waals surface area contributed by atoms with E-state index in [1.54, 1.807) is 11.3 Å². The fourth-order valence-corrected chi connectivity index (χ4v) is 2.86. The summed E-state index contributed by atoms with van der Waals surface area (Å²) < 4.78 is 0. The van der Waals surface area contributed by atoms with Gasteiger partial charge in [0.2, 0.25) is 0 Å². The molecule has 1 rings (SSSR count). The number of nitrogens with one attached hydrogen (secondary N) is 1. The van der Waals surface area contributed by atoms with Gasteiger partial charge in [0.05, 0.1) is 16.8 Å². The van der Waals surface area contributed by atoms with E-state index in [4.69, 9.17) is 0 Å². The van der Waals surface area contributed by atoms with Crippen molar-refractivity contribution in [1.82, 2.24) is 10.3 Å². The zero-order valence-corrected chi connectivity index (χ0v) is 12.1. The highest BCUT2D eigenvalue weighted by atomic mass is 32.1. The van der Waals surface area contributed by atoms with Crippen molar-refractivity contribution in [1.29, 1.82) is 0 Å². The minimum atomic E-state index is -0.600. The van der Waals surface area contributed by atoms with Gasteiger partial charge in [-0.15, -0.1) is 11.3 Å². The number of rotatable bonds is 7. The highest BCUT2D eigenvalue weighted by Crippen LogP contribution is 2.15. The van der Waals surface area contributed by atoms with E-state index < -0.39 is 5.60 Å². The molecule has 0 aromatic carbocycles. The molecule has 0 radical (unpaired) electrons. The second-order valence-corrected chi connectivity index (χ2v) is 6.32. The highest BCUT2D eigenvalue weighted by Gasteiger charge is 2.20. The molecule has 0 spiro atoms. The van der Waals surface area contributed by atoms with Crippen molar-refractivity contribution in [3.63, 3.8) is 0 Å². The summed E-state index contributed by atoms with van der Waals surface area (Å²) in [4.78, 5) is 5.56. The number of hydrogen-bond donors (Lipinski definition) is 2. The normalized spacial score (nSPS) is 15.2. The van der Waals surface area contributed by atoms with Crippen LogP contribution in [-0.4, -0.2) is 28.8 Å². The Balaban J connectivity index is 2.22. The minimum absolute atomic E-state index is 0.524. The van der Waals surface area contributed by atoms with Crippen LogP contribution in [0.2, 0.25) is 0 Å². The van der Waals surface area contributed by atoms with Gasteiger partial charge in [0.15, 0.2) is 0 Å². The van der Waals surface area contributed by atoms with E-state index in [0.717, 1.165) is 25.1 Å². The molecule has 0 bridgehead atoms. The lowest BCUT2D eigenvalue weighted by molar-refractivity contribution is 0.0389. The summed E-state index contributed by atoms with van der Waals surface area (Å²) >= 11 is 1.70. The van der Waals surface area contributed by atoms with Gasteiger partial charge < -0.3 is 10.4 Å². The molecule has 0 amide bonds. The first-order valence-electron chi connectivity index (χ1n) is 6.23. The molecule has 0 fully saturated rings. The van der Waals surface area contributed by atoms with E-state index in [1.807, 2.05) is 19.4 Å². The van der Waals surface area contributed by atoms with Crippen LogP contribution in [0.4, 0.5) is 0 Å². The van der Waals surface area contributed by atoms with E-state index in [0.29, 0.717) is 12.5 Å². The van der Waals surface area contributed by atoms with Crippen LogP contribution in [0, 0.1) is 12.8 Å². The molecule has 3 nitrogen and oxygen atoms in total. The number of aliphatic hydroxyl groups is 1. The zero-order valence-electron chi connectivity index (χ0n) is 11.3. The second kappa shape index (κ2) is 6.47. The number of hydrogen-bond acceptors (Lipinski definition) is 4. The lowest BCUT2D eigenvalue weighted by atomic mass is 9.94. The number of thiazole rings is 1. The average Bonchev–Trinajstić information content (AvgIpc) is 2.57. The van der Waals surface area contributed by atoms with Crippen LogP contribution < -0.4 is 5.32 Å². The molecule has 0 saturated heterocycles. The summed E-state index contributed by atoms with van der Waals surface area (Å²) in [5, 5.41) is 13.4. The Bertz CT molecular complexity index is 334. The predicted molar refractivity (Wildman–Crippen MR) is 73.5 cm³/mol. The van der Waals surface area contributed by atoms with Crippen LogP contribution in [0.25, 0.3) is 0 Å². The molecule has 2 N–H and O–H groups in total. The van der Waals surface area contributed by atoms with Crippen LogP contribution in [0.15, 0.2) is 5.51 Å². The molecular weight excluding hydrogens is 232 g/mol. The molecule has 1 unspecified atom stereocenters. The van der Waals surface area contributed by atoms with Gasteiger partial charge in [-0.1, -0.05) is 13.8 Å². The molecule has 4 heteroatoms. The Morgan fingerprint density at radius 1 is 1.53 bits per heavy atom.